The Kier molecular flexibility index (Phi) is 8.41. The number of anilines is 1. The van der Waals surface area contributed by atoms with E-state index in [0.717, 1.165) is 21.2 Å². The van der Waals surface area contributed by atoms with Crippen molar-refractivity contribution in [3.05, 3.63) is 82.9 Å². The maximum atomic E-state index is 13.4. The molecule has 0 aliphatic carbocycles. The molecule has 34 heavy (non-hydrogen) atoms. The van der Waals surface area contributed by atoms with Gasteiger partial charge in [-0.2, -0.15) is 0 Å². The van der Waals surface area contributed by atoms with Crippen molar-refractivity contribution in [1.82, 2.24) is 5.32 Å². The molecule has 0 saturated carbocycles. The Morgan fingerprint density at radius 3 is 2.41 bits per heavy atom. The van der Waals surface area contributed by atoms with Gasteiger partial charge in [0.05, 0.1) is 24.2 Å². The number of benzene rings is 3. The van der Waals surface area contributed by atoms with Gasteiger partial charge < -0.3 is 14.8 Å². The average Bonchev–Trinajstić information content (AvgIpc) is 2.82. The first kappa shape index (κ1) is 25.4. The summed E-state index contributed by atoms with van der Waals surface area (Å²) in [4.78, 5) is 12.7. The van der Waals surface area contributed by atoms with Crippen molar-refractivity contribution in [1.29, 1.82) is 0 Å². The maximum absolute atomic E-state index is 13.4. The van der Waals surface area contributed by atoms with Gasteiger partial charge >= 0.3 is 0 Å². The summed E-state index contributed by atoms with van der Waals surface area (Å²) in [5.41, 5.74) is 2.43. The second-order valence-corrected chi connectivity index (χ2v) is 9.86. The molecule has 0 aliphatic rings. The third-order valence-electron chi connectivity index (χ3n) is 5.27. The fraction of sp³-hybridized carbons (Fsp3) is 0.240. The van der Waals surface area contributed by atoms with Crippen LogP contribution in [0.3, 0.4) is 0 Å². The number of hydrogen-bond donors (Lipinski definition) is 1. The van der Waals surface area contributed by atoms with E-state index in [1.165, 1.54) is 25.3 Å². The van der Waals surface area contributed by atoms with Crippen LogP contribution in [0.25, 0.3) is 0 Å². The summed E-state index contributed by atoms with van der Waals surface area (Å²) in [6, 6.07) is 18.1. The quantitative estimate of drug-likeness (QED) is 0.416. The van der Waals surface area contributed by atoms with Gasteiger partial charge in [-0.1, -0.05) is 29.8 Å². The SMILES string of the molecule is COc1ccc(S(=O)(=O)N(CC(=O)NCCOc2cccc(C)c2C)c2cccc(Cl)c2)cc1. The number of carbonyl (C=O) groups is 1. The molecule has 0 fully saturated rings. The van der Waals surface area contributed by atoms with Crippen LogP contribution in [0.5, 0.6) is 11.5 Å². The van der Waals surface area contributed by atoms with Crippen LogP contribution in [0.15, 0.2) is 71.6 Å². The minimum atomic E-state index is -4.05. The van der Waals surface area contributed by atoms with Crippen molar-refractivity contribution in [2.24, 2.45) is 0 Å². The molecule has 3 rings (SSSR count). The lowest BCUT2D eigenvalue weighted by atomic mass is 10.1. The predicted molar refractivity (Wildman–Crippen MR) is 133 cm³/mol. The van der Waals surface area contributed by atoms with Gasteiger partial charge in [-0.15, -0.1) is 0 Å². The second kappa shape index (κ2) is 11.3. The zero-order chi connectivity index (χ0) is 24.7. The molecule has 9 heteroatoms. The van der Waals surface area contributed by atoms with Gasteiger partial charge in [0, 0.05) is 5.02 Å². The van der Waals surface area contributed by atoms with Crippen LogP contribution >= 0.6 is 11.6 Å². The lowest BCUT2D eigenvalue weighted by molar-refractivity contribution is -0.119. The number of hydrogen-bond acceptors (Lipinski definition) is 5. The van der Waals surface area contributed by atoms with Gasteiger partial charge in [0.2, 0.25) is 5.91 Å². The van der Waals surface area contributed by atoms with Crippen LogP contribution in [0.2, 0.25) is 5.02 Å². The van der Waals surface area contributed by atoms with Crippen LogP contribution in [0.1, 0.15) is 11.1 Å². The lowest BCUT2D eigenvalue weighted by Crippen LogP contribution is -2.41. The van der Waals surface area contributed by atoms with Gasteiger partial charge in [-0.3, -0.25) is 9.10 Å². The predicted octanol–water partition coefficient (Wildman–Crippen LogP) is 4.36. The standard InChI is InChI=1S/C25H27ClN2O5S/c1-18-6-4-9-24(19(18)2)33-15-14-27-25(29)17-28(21-8-5-7-20(26)16-21)34(30,31)23-12-10-22(32-3)11-13-23/h4-13,16H,14-15,17H2,1-3H3,(H,27,29). The minimum Gasteiger partial charge on any atom is -0.497 e. The molecule has 1 amide bonds. The summed E-state index contributed by atoms with van der Waals surface area (Å²) in [6.07, 6.45) is 0. The topological polar surface area (TPSA) is 84.9 Å². The molecule has 1 N–H and O–H groups in total. The number of methoxy groups -OCH3 is 1. The Hall–Kier alpha value is -3.23. The number of sulfonamides is 1. The fourth-order valence-electron chi connectivity index (χ4n) is 3.24. The molecular weight excluding hydrogens is 476 g/mol. The average molecular weight is 503 g/mol. The number of rotatable bonds is 10. The number of halogens is 1. The van der Waals surface area contributed by atoms with Gasteiger partial charge in [-0.05, 0) is 73.5 Å². The molecule has 0 heterocycles. The largest absolute Gasteiger partial charge is 0.497 e. The number of ether oxygens (including phenoxy) is 2. The zero-order valence-electron chi connectivity index (χ0n) is 19.2. The normalized spacial score (nSPS) is 11.1. The van der Waals surface area contributed by atoms with E-state index in [4.69, 9.17) is 21.1 Å². The zero-order valence-corrected chi connectivity index (χ0v) is 20.8. The van der Waals surface area contributed by atoms with E-state index in [0.29, 0.717) is 10.8 Å². The highest BCUT2D eigenvalue weighted by Crippen LogP contribution is 2.27. The second-order valence-electron chi connectivity index (χ2n) is 7.56. The van der Waals surface area contributed by atoms with E-state index in [-0.39, 0.29) is 23.7 Å². The Balaban J connectivity index is 1.72. The summed E-state index contributed by atoms with van der Waals surface area (Å²) >= 11 is 6.09. The highest BCUT2D eigenvalue weighted by molar-refractivity contribution is 7.92. The summed E-state index contributed by atoms with van der Waals surface area (Å²) < 4.78 is 38.7. The molecule has 7 nitrogen and oxygen atoms in total. The van der Waals surface area contributed by atoms with E-state index in [1.807, 2.05) is 32.0 Å². The third-order valence-corrected chi connectivity index (χ3v) is 7.29. The van der Waals surface area contributed by atoms with Crippen LogP contribution in [0, 0.1) is 13.8 Å². The van der Waals surface area contributed by atoms with Crippen LogP contribution in [-0.4, -0.2) is 41.1 Å². The summed E-state index contributed by atoms with van der Waals surface area (Å²) in [7, 11) is -2.55. The van der Waals surface area contributed by atoms with E-state index in [9.17, 15) is 13.2 Å². The Morgan fingerprint density at radius 2 is 1.74 bits per heavy atom. The number of aryl methyl sites for hydroxylation is 1. The minimum absolute atomic E-state index is 0.0272. The Labute approximate surface area is 205 Å². The molecule has 0 bridgehead atoms. The molecule has 3 aromatic rings. The number of amides is 1. The van der Waals surface area contributed by atoms with E-state index >= 15 is 0 Å². The van der Waals surface area contributed by atoms with Crippen molar-refractivity contribution in [3.63, 3.8) is 0 Å². The smallest absolute Gasteiger partial charge is 0.264 e. The Bertz CT molecular complexity index is 1250. The Morgan fingerprint density at radius 1 is 1.03 bits per heavy atom. The van der Waals surface area contributed by atoms with Crippen LogP contribution < -0.4 is 19.1 Å². The summed E-state index contributed by atoms with van der Waals surface area (Å²) in [5, 5.41) is 3.08. The van der Waals surface area contributed by atoms with Crippen LogP contribution in [0.4, 0.5) is 5.69 Å². The molecule has 0 unspecified atom stereocenters. The van der Waals surface area contributed by atoms with Crippen molar-refractivity contribution < 1.29 is 22.7 Å². The maximum Gasteiger partial charge on any atom is 0.264 e. The van der Waals surface area contributed by atoms with Gasteiger partial charge in [0.1, 0.15) is 24.7 Å². The van der Waals surface area contributed by atoms with E-state index in [1.54, 1.807) is 30.3 Å². The summed E-state index contributed by atoms with van der Waals surface area (Å²) in [6.45, 7) is 4.02. The van der Waals surface area contributed by atoms with Gasteiger partial charge in [-0.25, -0.2) is 8.42 Å². The molecule has 0 aromatic heterocycles. The molecule has 3 aromatic carbocycles. The first-order chi connectivity index (χ1) is 16.2. The molecule has 0 spiro atoms. The van der Waals surface area contributed by atoms with E-state index < -0.39 is 22.5 Å². The molecule has 0 aliphatic heterocycles. The highest BCUT2D eigenvalue weighted by atomic mass is 35.5. The molecule has 0 radical (unpaired) electrons. The van der Waals surface area contributed by atoms with Crippen LogP contribution in [-0.2, 0) is 14.8 Å². The number of carbonyl (C=O) groups excluding carboxylic acids is 1. The van der Waals surface area contributed by atoms with Crippen molar-refractivity contribution in [3.8, 4) is 11.5 Å². The molecular formula is C25H27ClN2O5S. The summed E-state index contributed by atoms with van der Waals surface area (Å²) in [5.74, 6) is 0.799. The molecule has 0 saturated heterocycles. The van der Waals surface area contributed by atoms with Crippen molar-refractivity contribution in [2.75, 3.05) is 31.1 Å². The molecule has 0 atom stereocenters. The van der Waals surface area contributed by atoms with Gasteiger partial charge in [0.25, 0.3) is 10.0 Å². The van der Waals surface area contributed by atoms with Crippen molar-refractivity contribution >= 4 is 33.2 Å². The number of nitrogens with one attached hydrogen (secondary N) is 1. The van der Waals surface area contributed by atoms with E-state index in [2.05, 4.69) is 5.32 Å². The fourth-order valence-corrected chi connectivity index (χ4v) is 4.84. The number of nitrogens with zero attached hydrogens (tertiary/aromatic N) is 1. The first-order valence-corrected chi connectivity index (χ1v) is 12.4. The third kappa shape index (κ3) is 6.21. The molecule has 180 valence electrons. The lowest BCUT2D eigenvalue weighted by Gasteiger charge is -2.24. The van der Waals surface area contributed by atoms with Crippen molar-refractivity contribution in [2.45, 2.75) is 18.7 Å². The highest BCUT2D eigenvalue weighted by Gasteiger charge is 2.27. The van der Waals surface area contributed by atoms with Gasteiger partial charge in [0.15, 0.2) is 0 Å². The monoisotopic (exact) mass is 502 g/mol. The first-order valence-electron chi connectivity index (χ1n) is 10.6.